The minimum absolute atomic E-state index is 0.666. The topological polar surface area (TPSA) is 35.1 Å². The molecule has 0 radical (unpaired) electrons. The van der Waals surface area contributed by atoms with Crippen molar-refractivity contribution in [3.63, 3.8) is 0 Å². The van der Waals surface area contributed by atoms with Gasteiger partial charge in [-0.3, -0.25) is 4.57 Å². The van der Waals surface area contributed by atoms with Gasteiger partial charge in [-0.2, -0.15) is 0 Å². The molecule has 4 heterocycles. The van der Waals surface area contributed by atoms with Crippen molar-refractivity contribution < 1.29 is 0 Å². The summed E-state index contributed by atoms with van der Waals surface area (Å²) in [7, 11) is 0. The molecule has 0 N–H and O–H groups in total. The molecule has 54 heavy (non-hydrogen) atoms. The van der Waals surface area contributed by atoms with Crippen LogP contribution in [0.15, 0.2) is 170 Å². The first-order valence-corrected chi connectivity index (χ1v) is 18.5. The maximum Gasteiger partial charge on any atom is 0.235 e. The van der Waals surface area contributed by atoms with Gasteiger partial charge in [0.1, 0.15) is 0 Å². The Balaban J connectivity index is 1.26. The molecule has 0 atom stereocenters. The van der Waals surface area contributed by atoms with Gasteiger partial charge in [-0.25, -0.2) is 9.97 Å². The van der Waals surface area contributed by atoms with E-state index in [4.69, 9.17) is 9.97 Å². The maximum atomic E-state index is 5.65. The minimum atomic E-state index is 0.666. The highest BCUT2D eigenvalue weighted by Gasteiger charge is 2.26. The number of rotatable bonds is 2. The standard InChI is InChI=1S/C50H28N4/c1-2-14-32-27-33(22-21-29(32)11-1)47-44-34-15-5-3-12-30(34)23-25-40(44)51-50(52-47)54-42-20-10-8-18-37(42)39-28-38-36-17-7-9-19-41(36)53-43-26-24-31-13-4-6-16-35(31)45(43)46(48(38)53)49(39)54/h1-28H. The number of hydrogen-bond acceptors (Lipinski definition) is 2. The Kier molecular flexibility index (Phi) is 5.34. The summed E-state index contributed by atoms with van der Waals surface area (Å²) in [5.41, 5.74) is 8.81. The van der Waals surface area contributed by atoms with Crippen LogP contribution < -0.4 is 0 Å². The number of benzene rings is 9. The van der Waals surface area contributed by atoms with Gasteiger partial charge >= 0.3 is 0 Å². The molecule has 0 bridgehead atoms. The third-order valence-electron chi connectivity index (χ3n) is 11.8. The van der Waals surface area contributed by atoms with E-state index < -0.39 is 0 Å². The summed E-state index contributed by atoms with van der Waals surface area (Å²) >= 11 is 0. The van der Waals surface area contributed by atoms with Crippen molar-refractivity contribution in [3.8, 4) is 17.2 Å². The number of fused-ring (bicyclic) bond motifs is 16. The molecular formula is C50H28N4. The molecule has 0 aliphatic rings. The third kappa shape index (κ3) is 3.57. The monoisotopic (exact) mass is 684 g/mol. The van der Waals surface area contributed by atoms with Crippen molar-refractivity contribution in [1.29, 1.82) is 0 Å². The second-order valence-corrected chi connectivity index (χ2v) is 14.5. The molecule has 248 valence electrons. The Bertz CT molecular complexity index is 3740. The number of para-hydroxylation sites is 2. The van der Waals surface area contributed by atoms with E-state index in [0.29, 0.717) is 5.95 Å². The average molecular weight is 685 g/mol. The molecule has 13 rings (SSSR count). The van der Waals surface area contributed by atoms with E-state index in [-0.39, 0.29) is 0 Å². The van der Waals surface area contributed by atoms with Crippen molar-refractivity contribution in [1.82, 2.24) is 18.9 Å². The van der Waals surface area contributed by atoms with Crippen molar-refractivity contribution >= 4 is 103 Å². The zero-order valence-corrected chi connectivity index (χ0v) is 29.0. The summed E-state index contributed by atoms with van der Waals surface area (Å²) in [6, 6.07) is 61.6. The number of nitrogens with zero attached hydrogens (tertiary/aromatic N) is 4. The smallest absolute Gasteiger partial charge is 0.235 e. The number of aromatic nitrogens is 4. The quantitative estimate of drug-likeness (QED) is 0.170. The molecule has 13 aromatic rings. The zero-order chi connectivity index (χ0) is 35.1. The van der Waals surface area contributed by atoms with E-state index in [0.717, 1.165) is 38.6 Å². The fraction of sp³-hybridized carbons (Fsp3) is 0. The first-order valence-electron chi connectivity index (χ1n) is 18.5. The lowest BCUT2D eigenvalue weighted by atomic mass is 9.98. The second kappa shape index (κ2) is 10.2. The Morgan fingerprint density at radius 3 is 1.74 bits per heavy atom. The molecule has 0 aliphatic carbocycles. The van der Waals surface area contributed by atoms with Gasteiger partial charge in [-0.1, -0.05) is 133 Å². The molecule has 0 unspecified atom stereocenters. The largest absolute Gasteiger partial charge is 0.308 e. The second-order valence-electron chi connectivity index (χ2n) is 14.5. The summed E-state index contributed by atoms with van der Waals surface area (Å²) in [4.78, 5) is 11.1. The Morgan fingerprint density at radius 2 is 0.944 bits per heavy atom. The van der Waals surface area contributed by atoms with Crippen LogP contribution in [0.3, 0.4) is 0 Å². The Hall–Kier alpha value is -7.30. The SMILES string of the molecule is c1ccc2cc(-c3nc(-n4c5ccccc5c5cc6c7ccccc7n7c8ccc9ccccc9c8c(c54)c67)nc4ccc5ccccc5c34)ccc2c1. The van der Waals surface area contributed by atoms with Crippen LogP contribution in [0.5, 0.6) is 0 Å². The Labute approximate surface area is 308 Å². The van der Waals surface area contributed by atoms with Crippen LogP contribution in [0.25, 0.3) is 120 Å². The Morgan fingerprint density at radius 1 is 0.352 bits per heavy atom. The summed E-state index contributed by atoms with van der Waals surface area (Å²) < 4.78 is 4.83. The molecule has 4 nitrogen and oxygen atoms in total. The predicted molar refractivity (Wildman–Crippen MR) is 226 cm³/mol. The highest BCUT2D eigenvalue weighted by Crippen LogP contribution is 2.48. The summed E-state index contributed by atoms with van der Waals surface area (Å²) in [6.07, 6.45) is 0. The molecule has 4 aromatic heterocycles. The van der Waals surface area contributed by atoms with Crippen LogP contribution in [0, 0.1) is 0 Å². The van der Waals surface area contributed by atoms with Crippen LogP contribution in [0.4, 0.5) is 0 Å². The van der Waals surface area contributed by atoms with Gasteiger partial charge in [0, 0.05) is 43.3 Å². The van der Waals surface area contributed by atoms with Gasteiger partial charge in [0.05, 0.1) is 38.8 Å². The van der Waals surface area contributed by atoms with E-state index in [2.05, 4.69) is 179 Å². The van der Waals surface area contributed by atoms with Gasteiger partial charge < -0.3 is 4.40 Å². The van der Waals surface area contributed by atoms with Gasteiger partial charge in [0.25, 0.3) is 0 Å². The predicted octanol–water partition coefficient (Wildman–Crippen LogP) is 13.0. The van der Waals surface area contributed by atoms with E-state index in [1.54, 1.807) is 0 Å². The van der Waals surface area contributed by atoms with E-state index in [1.165, 1.54) is 75.8 Å². The number of hydrogen-bond donors (Lipinski definition) is 0. The molecular weight excluding hydrogens is 657 g/mol. The van der Waals surface area contributed by atoms with Crippen LogP contribution in [0.2, 0.25) is 0 Å². The maximum absolute atomic E-state index is 5.65. The van der Waals surface area contributed by atoms with Crippen molar-refractivity contribution in [2.45, 2.75) is 0 Å². The first-order chi connectivity index (χ1) is 26.8. The van der Waals surface area contributed by atoms with Crippen molar-refractivity contribution in [2.75, 3.05) is 0 Å². The van der Waals surface area contributed by atoms with Crippen molar-refractivity contribution in [3.05, 3.63) is 170 Å². The van der Waals surface area contributed by atoms with Gasteiger partial charge in [-0.05, 0) is 68.7 Å². The van der Waals surface area contributed by atoms with Crippen molar-refractivity contribution in [2.24, 2.45) is 0 Å². The first kappa shape index (κ1) is 28.3. The third-order valence-corrected chi connectivity index (χ3v) is 11.8. The fourth-order valence-electron chi connectivity index (χ4n) is 9.51. The molecule has 0 amide bonds. The molecule has 9 aromatic carbocycles. The average Bonchev–Trinajstić information content (AvgIpc) is 3.88. The highest BCUT2D eigenvalue weighted by molar-refractivity contribution is 6.37. The van der Waals surface area contributed by atoms with Gasteiger partial charge in [0.2, 0.25) is 5.95 Å². The summed E-state index contributed by atoms with van der Waals surface area (Å²) in [6.45, 7) is 0. The van der Waals surface area contributed by atoms with E-state index in [9.17, 15) is 0 Å². The lowest BCUT2D eigenvalue weighted by Gasteiger charge is -2.14. The molecule has 4 heteroatoms. The highest BCUT2D eigenvalue weighted by atomic mass is 15.2. The molecule has 0 saturated heterocycles. The molecule has 0 spiro atoms. The minimum Gasteiger partial charge on any atom is -0.308 e. The fourth-order valence-corrected chi connectivity index (χ4v) is 9.51. The molecule has 0 aliphatic heterocycles. The van der Waals surface area contributed by atoms with E-state index >= 15 is 0 Å². The molecule has 0 saturated carbocycles. The molecule has 0 fully saturated rings. The summed E-state index contributed by atoms with van der Waals surface area (Å²) in [5.74, 6) is 0.666. The lowest BCUT2D eigenvalue weighted by Crippen LogP contribution is -2.04. The lowest BCUT2D eigenvalue weighted by molar-refractivity contribution is 1.02. The van der Waals surface area contributed by atoms with Crippen LogP contribution in [0.1, 0.15) is 0 Å². The van der Waals surface area contributed by atoms with Gasteiger partial charge in [0.15, 0.2) is 0 Å². The zero-order valence-electron chi connectivity index (χ0n) is 29.0. The van der Waals surface area contributed by atoms with E-state index in [1.807, 2.05) is 0 Å². The van der Waals surface area contributed by atoms with Crippen LogP contribution in [-0.2, 0) is 0 Å². The van der Waals surface area contributed by atoms with Gasteiger partial charge in [-0.15, -0.1) is 0 Å². The normalized spacial score (nSPS) is 12.4. The van der Waals surface area contributed by atoms with Crippen LogP contribution >= 0.6 is 0 Å². The van der Waals surface area contributed by atoms with Crippen LogP contribution in [-0.4, -0.2) is 18.9 Å². The summed E-state index contributed by atoms with van der Waals surface area (Å²) in [5, 5.41) is 15.7.